The van der Waals surface area contributed by atoms with Crippen LogP contribution in [0.25, 0.3) is 0 Å². The minimum absolute atomic E-state index is 0. The van der Waals surface area contributed by atoms with Gasteiger partial charge in [-0.05, 0) is 55.7 Å². The van der Waals surface area contributed by atoms with Crippen LogP contribution in [0.3, 0.4) is 0 Å². The zero-order chi connectivity index (χ0) is 22.4. The van der Waals surface area contributed by atoms with Crippen LogP contribution in [0.5, 0.6) is 11.5 Å². The summed E-state index contributed by atoms with van der Waals surface area (Å²) in [5.41, 5.74) is 2.11. The van der Waals surface area contributed by atoms with E-state index in [0.29, 0.717) is 23.9 Å². The molecule has 0 saturated carbocycles. The summed E-state index contributed by atoms with van der Waals surface area (Å²) in [5.74, 6) is 2.24. The number of benzene rings is 2. The van der Waals surface area contributed by atoms with Crippen molar-refractivity contribution >= 4 is 40.0 Å². The fourth-order valence-electron chi connectivity index (χ4n) is 3.05. The SMILES string of the molecule is CN=C(NCCc1ccc2c(c1)OCO2)NCc1ccc(S(=O)(=O)N(C)C(C)C)cc1.I. The maximum atomic E-state index is 12.6. The van der Waals surface area contributed by atoms with Crippen molar-refractivity contribution in [2.24, 2.45) is 4.99 Å². The second-order valence-corrected chi connectivity index (χ2v) is 9.55. The average molecular weight is 574 g/mol. The Kier molecular flexibility index (Phi) is 9.59. The van der Waals surface area contributed by atoms with Gasteiger partial charge in [-0.25, -0.2) is 8.42 Å². The summed E-state index contributed by atoms with van der Waals surface area (Å²) in [5, 5.41) is 6.53. The molecule has 0 fully saturated rings. The van der Waals surface area contributed by atoms with Gasteiger partial charge in [-0.15, -0.1) is 24.0 Å². The lowest BCUT2D eigenvalue weighted by atomic mass is 10.1. The summed E-state index contributed by atoms with van der Waals surface area (Å²) in [6, 6.07) is 12.8. The summed E-state index contributed by atoms with van der Waals surface area (Å²) in [4.78, 5) is 4.53. The van der Waals surface area contributed by atoms with Gasteiger partial charge in [-0.2, -0.15) is 4.31 Å². The van der Waals surface area contributed by atoms with E-state index in [1.807, 2.05) is 44.2 Å². The number of aliphatic imine (C=N–C) groups is 1. The van der Waals surface area contributed by atoms with Gasteiger partial charge in [0.05, 0.1) is 4.90 Å². The fraction of sp³-hybridized carbons (Fsp3) is 0.409. The molecule has 0 aliphatic carbocycles. The number of nitrogens with zero attached hydrogens (tertiary/aromatic N) is 2. The molecule has 0 aromatic heterocycles. The molecule has 0 amide bonds. The fourth-order valence-corrected chi connectivity index (χ4v) is 4.42. The summed E-state index contributed by atoms with van der Waals surface area (Å²) < 4.78 is 37.2. The molecule has 0 bridgehead atoms. The van der Waals surface area contributed by atoms with Gasteiger partial charge >= 0.3 is 0 Å². The van der Waals surface area contributed by atoms with Gasteiger partial charge in [0.2, 0.25) is 16.8 Å². The zero-order valence-electron chi connectivity index (χ0n) is 18.8. The second kappa shape index (κ2) is 11.7. The van der Waals surface area contributed by atoms with Gasteiger partial charge in [0.25, 0.3) is 0 Å². The zero-order valence-corrected chi connectivity index (χ0v) is 21.9. The Bertz CT molecular complexity index is 1030. The van der Waals surface area contributed by atoms with Crippen LogP contribution in [0, 0.1) is 0 Å². The molecule has 0 spiro atoms. The third kappa shape index (κ3) is 6.48. The highest BCUT2D eigenvalue weighted by Gasteiger charge is 2.22. The van der Waals surface area contributed by atoms with Crippen molar-refractivity contribution in [1.82, 2.24) is 14.9 Å². The number of halogens is 1. The van der Waals surface area contributed by atoms with Crippen molar-refractivity contribution < 1.29 is 17.9 Å². The number of rotatable bonds is 8. The molecule has 32 heavy (non-hydrogen) atoms. The lowest BCUT2D eigenvalue weighted by Gasteiger charge is -2.21. The first-order valence-electron chi connectivity index (χ1n) is 10.2. The Balaban J connectivity index is 0.00000363. The van der Waals surface area contributed by atoms with Crippen molar-refractivity contribution in [3.05, 3.63) is 53.6 Å². The molecular weight excluding hydrogens is 543 g/mol. The number of fused-ring (bicyclic) bond motifs is 1. The van der Waals surface area contributed by atoms with Crippen LogP contribution in [0.1, 0.15) is 25.0 Å². The third-order valence-electron chi connectivity index (χ3n) is 5.15. The third-order valence-corrected chi connectivity index (χ3v) is 7.20. The van der Waals surface area contributed by atoms with E-state index in [4.69, 9.17) is 9.47 Å². The van der Waals surface area contributed by atoms with E-state index in [-0.39, 0.29) is 36.8 Å². The highest BCUT2D eigenvalue weighted by molar-refractivity contribution is 14.0. The summed E-state index contributed by atoms with van der Waals surface area (Å²) in [6.45, 7) is 5.21. The highest BCUT2D eigenvalue weighted by Crippen LogP contribution is 2.32. The number of sulfonamides is 1. The number of ether oxygens (including phenoxy) is 2. The predicted molar refractivity (Wildman–Crippen MR) is 136 cm³/mol. The molecule has 0 atom stereocenters. The number of hydrogen-bond acceptors (Lipinski definition) is 5. The van der Waals surface area contributed by atoms with E-state index in [1.165, 1.54) is 4.31 Å². The van der Waals surface area contributed by atoms with Gasteiger partial charge in [-0.3, -0.25) is 4.99 Å². The van der Waals surface area contributed by atoms with E-state index in [1.54, 1.807) is 26.2 Å². The normalized spacial score (nSPS) is 13.2. The molecule has 2 aromatic carbocycles. The number of hydrogen-bond donors (Lipinski definition) is 2. The number of nitrogens with one attached hydrogen (secondary N) is 2. The van der Waals surface area contributed by atoms with Gasteiger partial charge in [0, 0.05) is 33.2 Å². The Hall–Kier alpha value is -2.05. The summed E-state index contributed by atoms with van der Waals surface area (Å²) in [6.07, 6.45) is 0.813. The molecule has 3 rings (SSSR count). The number of guanidine groups is 1. The van der Waals surface area contributed by atoms with Gasteiger partial charge < -0.3 is 20.1 Å². The first-order chi connectivity index (χ1) is 14.8. The monoisotopic (exact) mass is 574 g/mol. The van der Waals surface area contributed by atoms with Gasteiger partial charge in [0.1, 0.15) is 0 Å². The van der Waals surface area contributed by atoms with Gasteiger partial charge in [-0.1, -0.05) is 18.2 Å². The molecule has 2 aromatic rings. The molecule has 1 heterocycles. The van der Waals surface area contributed by atoms with Crippen molar-refractivity contribution in [1.29, 1.82) is 0 Å². The van der Waals surface area contributed by atoms with E-state index in [9.17, 15) is 8.42 Å². The quantitative estimate of drug-likeness (QED) is 0.286. The minimum Gasteiger partial charge on any atom is -0.454 e. The van der Waals surface area contributed by atoms with E-state index in [0.717, 1.165) is 29.0 Å². The smallest absolute Gasteiger partial charge is 0.243 e. The van der Waals surface area contributed by atoms with Crippen molar-refractivity contribution in [3.63, 3.8) is 0 Å². The van der Waals surface area contributed by atoms with Crippen LogP contribution in [-0.4, -0.2) is 52.2 Å². The second-order valence-electron chi connectivity index (χ2n) is 7.55. The molecule has 0 unspecified atom stereocenters. The molecule has 176 valence electrons. The van der Waals surface area contributed by atoms with E-state index >= 15 is 0 Å². The largest absolute Gasteiger partial charge is 0.454 e. The highest BCUT2D eigenvalue weighted by atomic mass is 127. The van der Waals surface area contributed by atoms with Crippen LogP contribution in [-0.2, 0) is 23.0 Å². The summed E-state index contributed by atoms with van der Waals surface area (Å²) >= 11 is 0. The Morgan fingerprint density at radius 3 is 2.38 bits per heavy atom. The van der Waals surface area contributed by atoms with Crippen LogP contribution in [0.15, 0.2) is 52.4 Å². The molecule has 1 aliphatic heterocycles. The maximum absolute atomic E-state index is 12.6. The first kappa shape index (κ1) is 26.2. The Morgan fingerprint density at radius 1 is 1.06 bits per heavy atom. The van der Waals surface area contributed by atoms with E-state index < -0.39 is 10.0 Å². The van der Waals surface area contributed by atoms with Crippen molar-refractivity contribution in [2.45, 2.75) is 37.8 Å². The Labute approximate surface area is 207 Å². The van der Waals surface area contributed by atoms with Crippen LogP contribution in [0.4, 0.5) is 0 Å². The Morgan fingerprint density at radius 2 is 1.72 bits per heavy atom. The van der Waals surface area contributed by atoms with Crippen LogP contribution in [0.2, 0.25) is 0 Å². The summed E-state index contributed by atoms with van der Waals surface area (Å²) in [7, 11) is -0.166. The standard InChI is InChI=1S/C22H30N4O4S.HI/c1-16(2)26(4)31(27,28)19-8-5-18(6-9-19)14-25-22(23-3)24-12-11-17-7-10-20-21(13-17)30-15-29-20;/h5-10,13,16H,11-12,14-15H2,1-4H3,(H2,23,24,25);1H. The molecule has 1 aliphatic rings. The van der Waals surface area contributed by atoms with Crippen LogP contribution < -0.4 is 20.1 Å². The maximum Gasteiger partial charge on any atom is 0.243 e. The molecule has 10 heteroatoms. The molecule has 8 nitrogen and oxygen atoms in total. The van der Waals surface area contributed by atoms with Crippen LogP contribution >= 0.6 is 24.0 Å². The molecule has 0 radical (unpaired) electrons. The molecular formula is C22H31IN4O4S. The van der Waals surface area contributed by atoms with Crippen molar-refractivity contribution in [2.75, 3.05) is 27.4 Å². The first-order valence-corrected chi connectivity index (χ1v) is 11.7. The minimum atomic E-state index is -3.47. The topological polar surface area (TPSA) is 92.3 Å². The lowest BCUT2D eigenvalue weighted by molar-refractivity contribution is 0.174. The predicted octanol–water partition coefficient (Wildman–Crippen LogP) is 2.97. The van der Waals surface area contributed by atoms with Crippen molar-refractivity contribution in [3.8, 4) is 11.5 Å². The molecule has 2 N–H and O–H groups in total. The average Bonchev–Trinajstić information content (AvgIpc) is 3.23. The molecule has 0 saturated heterocycles. The van der Waals surface area contributed by atoms with Gasteiger partial charge in [0.15, 0.2) is 17.5 Å². The van der Waals surface area contributed by atoms with E-state index in [2.05, 4.69) is 15.6 Å². The lowest BCUT2D eigenvalue weighted by Crippen LogP contribution is -2.37.